The van der Waals surface area contributed by atoms with Gasteiger partial charge in [0.05, 0.1) is 0 Å². The number of rotatable bonds is 3. The molecular weight excluding hydrogens is 242 g/mol. The van der Waals surface area contributed by atoms with Gasteiger partial charge in [-0.3, -0.25) is 0 Å². The Labute approximate surface area is 105 Å². The standard InChI is InChI=1S/C12H14ClNO3/c13-9-1-3-10(4-2-9)14-12(11(15)16)5-7-17-8-6-12/h1-4,14H,5-8H2,(H,15,16). The third-order valence-corrected chi connectivity index (χ3v) is 3.24. The van der Waals surface area contributed by atoms with Crippen molar-refractivity contribution in [3.8, 4) is 0 Å². The first-order valence-electron chi connectivity index (χ1n) is 5.47. The number of carboxylic acid groups (broad SMARTS) is 1. The van der Waals surface area contributed by atoms with Crippen molar-refractivity contribution in [1.82, 2.24) is 0 Å². The number of carbonyl (C=O) groups is 1. The van der Waals surface area contributed by atoms with Crippen LogP contribution in [0.25, 0.3) is 0 Å². The van der Waals surface area contributed by atoms with Crippen LogP contribution in [-0.4, -0.2) is 29.8 Å². The Morgan fingerprint density at radius 2 is 1.88 bits per heavy atom. The van der Waals surface area contributed by atoms with Gasteiger partial charge in [-0.2, -0.15) is 0 Å². The van der Waals surface area contributed by atoms with Gasteiger partial charge in [0.15, 0.2) is 0 Å². The van der Waals surface area contributed by atoms with Gasteiger partial charge >= 0.3 is 5.97 Å². The number of halogens is 1. The molecule has 0 atom stereocenters. The summed E-state index contributed by atoms with van der Waals surface area (Å²) in [5.41, 5.74) is -0.162. The molecule has 4 nitrogen and oxygen atoms in total. The predicted octanol–water partition coefficient (Wildman–Crippen LogP) is 2.39. The molecule has 92 valence electrons. The molecule has 1 fully saturated rings. The van der Waals surface area contributed by atoms with Crippen LogP contribution in [0.1, 0.15) is 12.8 Å². The molecule has 2 N–H and O–H groups in total. The van der Waals surface area contributed by atoms with Crippen molar-refractivity contribution in [3.63, 3.8) is 0 Å². The van der Waals surface area contributed by atoms with Gasteiger partial charge in [-0.25, -0.2) is 4.79 Å². The lowest BCUT2D eigenvalue weighted by Gasteiger charge is -2.34. The number of hydrogen-bond acceptors (Lipinski definition) is 3. The molecule has 0 aliphatic carbocycles. The number of aliphatic carboxylic acids is 1. The van der Waals surface area contributed by atoms with Crippen LogP contribution in [0, 0.1) is 0 Å². The summed E-state index contributed by atoms with van der Waals surface area (Å²) in [6, 6.07) is 7.03. The number of hydrogen-bond donors (Lipinski definition) is 2. The van der Waals surface area contributed by atoms with Gasteiger partial charge < -0.3 is 15.2 Å². The van der Waals surface area contributed by atoms with Crippen LogP contribution >= 0.6 is 11.6 Å². The SMILES string of the molecule is O=C(O)C1(Nc2ccc(Cl)cc2)CCOCC1. The highest BCUT2D eigenvalue weighted by Gasteiger charge is 2.40. The summed E-state index contributed by atoms with van der Waals surface area (Å²) in [6.45, 7) is 0.930. The number of carboxylic acids is 1. The maximum absolute atomic E-state index is 11.4. The molecule has 1 aromatic carbocycles. The smallest absolute Gasteiger partial charge is 0.329 e. The Balaban J connectivity index is 2.17. The second kappa shape index (κ2) is 4.94. The van der Waals surface area contributed by atoms with E-state index in [4.69, 9.17) is 16.3 Å². The molecule has 0 amide bonds. The fourth-order valence-electron chi connectivity index (χ4n) is 1.92. The van der Waals surface area contributed by atoms with E-state index in [1.165, 1.54) is 0 Å². The van der Waals surface area contributed by atoms with Crippen molar-refractivity contribution >= 4 is 23.3 Å². The van der Waals surface area contributed by atoms with E-state index in [0.717, 1.165) is 5.69 Å². The zero-order chi connectivity index (χ0) is 12.3. The van der Waals surface area contributed by atoms with E-state index < -0.39 is 11.5 Å². The molecule has 0 aromatic heterocycles. The number of anilines is 1. The fourth-order valence-corrected chi connectivity index (χ4v) is 2.05. The van der Waals surface area contributed by atoms with Crippen LogP contribution < -0.4 is 5.32 Å². The summed E-state index contributed by atoms with van der Waals surface area (Å²) in [6.07, 6.45) is 0.927. The van der Waals surface area contributed by atoms with Gasteiger partial charge in [0.2, 0.25) is 0 Å². The maximum atomic E-state index is 11.4. The average Bonchev–Trinajstić information content (AvgIpc) is 2.33. The second-order valence-corrected chi connectivity index (χ2v) is 4.57. The minimum absolute atomic E-state index is 0.463. The van der Waals surface area contributed by atoms with Gasteiger partial charge in [-0.1, -0.05) is 11.6 Å². The fraction of sp³-hybridized carbons (Fsp3) is 0.417. The Morgan fingerprint density at radius 1 is 1.29 bits per heavy atom. The van der Waals surface area contributed by atoms with Crippen LogP contribution in [-0.2, 0) is 9.53 Å². The highest BCUT2D eigenvalue weighted by atomic mass is 35.5. The Morgan fingerprint density at radius 3 is 2.41 bits per heavy atom. The molecule has 0 bridgehead atoms. The number of nitrogens with one attached hydrogen (secondary N) is 1. The summed E-state index contributed by atoms with van der Waals surface area (Å²) in [7, 11) is 0. The van der Waals surface area contributed by atoms with Crippen molar-refractivity contribution < 1.29 is 14.6 Å². The molecule has 17 heavy (non-hydrogen) atoms. The predicted molar refractivity (Wildman–Crippen MR) is 65.5 cm³/mol. The van der Waals surface area contributed by atoms with Crippen LogP contribution in [0.4, 0.5) is 5.69 Å². The lowest BCUT2D eigenvalue weighted by molar-refractivity contribution is -0.145. The number of benzene rings is 1. The highest BCUT2D eigenvalue weighted by Crippen LogP contribution is 2.27. The molecule has 0 spiro atoms. The molecular formula is C12H14ClNO3. The first kappa shape index (κ1) is 12.2. The first-order valence-corrected chi connectivity index (χ1v) is 5.85. The molecule has 1 aromatic rings. The van der Waals surface area contributed by atoms with Crippen LogP contribution in [0.3, 0.4) is 0 Å². The summed E-state index contributed by atoms with van der Waals surface area (Å²) < 4.78 is 5.21. The zero-order valence-corrected chi connectivity index (χ0v) is 10.0. The van der Waals surface area contributed by atoms with E-state index in [-0.39, 0.29) is 0 Å². The molecule has 5 heteroatoms. The van der Waals surface area contributed by atoms with E-state index in [1.54, 1.807) is 24.3 Å². The molecule has 0 radical (unpaired) electrons. The van der Waals surface area contributed by atoms with Crippen LogP contribution in [0.15, 0.2) is 24.3 Å². The Hall–Kier alpha value is -1.26. The minimum Gasteiger partial charge on any atom is -0.480 e. The maximum Gasteiger partial charge on any atom is 0.329 e. The van der Waals surface area contributed by atoms with Gasteiger partial charge in [0, 0.05) is 36.8 Å². The van der Waals surface area contributed by atoms with E-state index in [0.29, 0.717) is 31.1 Å². The third kappa shape index (κ3) is 2.70. The second-order valence-electron chi connectivity index (χ2n) is 4.13. The summed E-state index contributed by atoms with van der Waals surface area (Å²) in [4.78, 5) is 11.4. The molecule has 1 aliphatic rings. The first-order chi connectivity index (χ1) is 8.12. The van der Waals surface area contributed by atoms with E-state index in [1.807, 2.05) is 0 Å². The molecule has 1 saturated heterocycles. The van der Waals surface area contributed by atoms with Crippen LogP contribution in [0.2, 0.25) is 5.02 Å². The normalized spacial score (nSPS) is 18.6. The average molecular weight is 256 g/mol. The topological polar surface area (TPSA) is 58.6 Å². The van der Waals surface area contributed by atoms with E-state index in [9.17, 15) is 9.90 Å². The van der Waals surface area contributed by atoms with E-state index >= 15 is 0 Å². The Kier molecular flexibility index (Phi) is 3.54. The van der Waals surface area contributed by atoms with Gasteiger partial charge in [0.1, 0.15) is 5.54 Å². The van der Waals surface area contributed by atoms with Gasteiger partial charge in [-0.15, -0.1) is 0 Å². The number of ether oxygens (including phenoxy) is 1. The molecule has 0 unspecified atom stereocenters. The zero-order valence-electron chi connectivity index (χ0n) is 9.28. The van der Waals surface area contributed by atoms with Gasteiger partial charge in [-0.05, 0) is 24.3 Å². The van der Waals surface area contributed by atoms with Crippen molar-refractivity contribution in [1.29, 1.82) is 0 Å². The molecule has 0 saturated carbocycles. The van der Waals surface area contributed by atoms with Crippen molar-refractivity contribution in [2.75, 3.05) is 18.5 Å². The summed E-state index contributed by atoms with van der Waals surface area (Å²) in [5.74, 6) is -0.837. The van der Waals surface area contributed by atoms with Crippen molar-refractivity contribution in [2.45, 2.75) is 18.4 Å². The monoisotopic (exact) mass is 255 g/mol. The summed E-state index contributed by atoms with van der Waals surface area (Å²) >= 11 is 5.79. The molecule has 1 aliphatic heterocycles. The minimum atomic E-state index is -0.925. The quantitative estimate of drug-likeness (QED) is 0.871. The van der Waals surface area contributed by atoms with Crippen molar-refractivity contribution in [2.24, 2.45) is 0 Å². The molecule has 2 rings (SSSR count). The van der Waals surface area contributed by atoms with Gasteiger partial charge in [0.25, 0.3) is 0 Å². The highest BCUT2D eigenvalue weighted by molar-refractivity contribution is 6.30. The van der Waals surface area contributed by atoms with Crippen molar-refractivity contribution in [3.05, 3.63) is 29.3 Å². The summed E-state index contributed by atoms with van der Waals surface area (Å²) in [5, 5.41) is 13.1. The lowest BCUT2D eigenvalue weighted by Crippen LogP contribution is -2.50. The molecule has 1 heterocycles. The Bertz CT molecular complexity index is 399. The largest absolute Gasteiger partial charge is 0.480 e. The van der Waals surface area contributed by atoms with E-state index in [2.05, 4.69) is 5.32 Å². The lowest BCUT2D eigenvalue weighted by atomic mass is 9.90. The van der Waals surface area contributed by atoms with Crippen LogP contribution in [0.5, 0.6) is 0 Å². The third-order valence-electron chi connectivity index (χ3n) is 2.98.